The van der Waals surface area contributed by atoms with Gasteiger partial charge in [0, 0.05) is 23.0 Å². The molecule has 1 N–H and O–H groups in total. The molecule has 0 spiro atoms. The first-order valence-corrected chi connectivity index (χ1v) is 6.20. The fraction of sp³-hybridized carbons (Fsp3) is 0.615. The van der Waals surface area contributed by atoms with Gasteiger partial charge in [-0.15, -0.1) is 0 Å². The number of carboxylic acids is 1. The Bertz CT molecular complexity index is 542. The third kappa shape index (κ3) is 2.17. The molecule has 18 heavy (non-hydrogen) atoms. The molecule has 0 unspecified atom stereocenters. The highest BCUT2D eigenvalue weighted by Crippen LogP contribution is 2.37. The normalized spacial score (nSPS) is 22.6. The first kappa shape index (κ1) is 12.8. The molecule has 0 amide bonds. The molecule has 1 aromatic heterocycles. The lowest BCUT2D eigenvalue weighted by atomic mass is 9.81. The van der Waals surface area contributed by atoms with Crippen LogP contribution in [0.5, 0.6) is 0 Å². The van der Waals surface area contributed by atoms with Crippen LogP contribution in [0.1, 0.15) is 42.8 Å². The number of rotatable bonds is 3. The molecule has 1 aliphatic carbocycles. The molecule has 0 aromatic carbocycles. The molecule has 5 heteroatoms. The fourth-order valence-corrected chi connectivity index (χ4v) is 2.72. The second kappa shape index (κ2) is 4.55. The smallest absolute Gasteiger partial charge is 0.348 e. The Morgan fingerprint density at radius 1 is 1.44 bits per heavy atom. The molecule has 0 bridgehead atoms. The number of aromatic nitrogens is 2. The minimum absolute atomic E-state index is 0.0762. The highest BCUT2D eigenvalue weighted by atomic mass is 16.4. The molecule has 1 fully saturated rings. The lowest BCUT2D eigenvalue weighted by Crippen LogP contribution is -2.37. The van der Waals surface area contributed by atoms with Crippen molar-refractivity contribution in [3.05, 3.63) is 27.4 Å². The van der Waals surface area contributed by atoms with Gasteiger partial charge in [-0.1, -0.05) is 6.92 Å². The van der Waals surface area contributed by atoms with Crippen molar-refractivity contribution in [3.8, 4) is 0 Å². The molecule has 5 nitrogen and oxygen atoms in total. The Labute approximate surface area is 105 Å². The maximum absolute atomic E-state index is 11.9. The highest BCUT2D eigenvalue weighted by Gasteiger charge is 2.30. The number of carbonyl (C=O) groups is 1. The molecule has 98 valence electrons. The second-order valence-corrected chi connectivity index (χ2v) is 5.21. The van der Waals surface area contributed by atoms with Crippen LogP contribution in [0.2, 0.25) is 0 Å². The van der Waals surface area contributed by atoms with Crippen molar-refractivity contribution in [1.82, 2.24) is 9.55 Å². The van der Waals surface area contributed by atoms with Gasteiger partial charge in [0.05, 0.1) is 6.42 Å². The van der Waals surface area contributed by atoms with Crippen molar-refractivity contribution in [1.29, 1.82) is 0 Å². The summed E-state index contributed by atoms with van der Waals surface area (Å²) in [5.74, 6) is -0.263. The van der Waals surface area contributed by atoms with Crippen molar-refractivity contribution < 1.29 is 9.90 Å². The number of hydrogen-bond acceptors (Lipinski definition) is 3. The number of aliphatic carboxylic acids is 1. The molecular formula is C13H18N2O3. The molecule has 1 saturated carbocycles. The number of aryl methyl sites for hydroxylation is 1. The van der Waals surface area contributed by atoms with Crippen molar-refractivity contribution in [3.63, 3.8) is 0 Å². The van der Waals surface area contributed by atoms with Crippen molar-refractivity contribution in [2.24, 2.45) is 5.92 Å². The van der Waals surface area contributed by atoms with E-state index in [0.717, 1.165) is 18.5 Å². The van der Waals surface area contributed by atoms with Gasteiger partial charge in [0.2, 0.25) is 0 Å². The molecular weight excluding hydrogens is 232 g/mol. The standard InChI is InChI=1S/C13H18N2O3/c1-7-4-10(5-7)15-9(3)11(6-12(16)17)8(2)14-13(15)18/h7,10H,4-6H2,1-3H3,(H,16,17). The zero-order chi connectivity index (χ0) is 13.4. The van der Waals surface area contributed by atoms with Crippen LogP contribution in [0.4, 0.5) is 0 Å². The third-order valence-electron chi connectivity index (χ3n) is 3.75. The van der Waals surface area contributed by atoms with E-state index in [4.69, 9.17) is 5.11 Å². The van der Waals surface area contributed by atoms with Crippen LogP contribution in [0.25, 0.3) is 0 Å². The van der Waals surface area contributed by atoms with E-state index in [1.165, 1.54) is 0 Å². The number of carboxylic acid groups (broad SMARTS) is 1. The summed E-state index contributed by atoms with van der Waals surface area (Å²) >= 11 is 0. The summed E-state index contributed by atoms with van der Waals surface area (Å²) in [6.07, 6.45) is 1.86. The van der Waals surface area contributed by atoms with Gasteiger partial charge in [-0.25, -0.2) is 4.79 Å². The third-order valence-corrected chi connectivity index (χ3v) is 3.75. The van der Waals surface area contributed by atoms with E-state index in [9.17, 15) is 9.59 Å². The van der Waals surface area contributed by atoms with Gasteiger partial charge in [-0.2, -0.15) is 4.98 Å². The zero-order valence-corrected chi connectivity index (χ0v) is 10.9. The predicted molar refractivity (Wildman–Crippen MR) is 66.7 cm³/mol. The van der Waals surface area contributed by atoms with E-state index in [-0.39, 0.29) is 18.2 Å². The van der Waals surface area contributed by atoms with E-state index in [1.807, 2.05) is 6.92 Å². The quantitative estimate of drug-likeness (QED) is 0.881. The summed E-state index contributed by atoms with van der Waals surface area (Å²) in [5, 5.41) is 8.91. The van der Waals surface area contributed by atoms with Crippen LogP contribution < -0.4 is 5.69 Å². The molecule has 0 radical (unpaired) electrons. The first-order valence-electron chi connectivity index (χ1n) is 6.20. The highest BCUT2D eigenvalue weighted by molar-refractivity contribution is 5.70. The van der Waals surface area contributed by atoms with Gasteiger partial charge in [0.25, 0.3) is 0 Å². The summed E-state index contributed by atoms with van der Waals surface area (Å²) in [6.45, 7) is 5.66. The van der Waals surface area contributed by atoms with Crippen LogP contribution in [-0.2, 0) is 11.2 Å². The first-order chi connectivity index (χ1) is 8.40. The molecule has 1 aliphatic rings. The van der Waals surface area contributed by atoms with E-state index in [1.54, 1.807) is 11.5 Å². The molecule has 0 atom stereocenters. The zero-order valence-electron chi connectivity index (χ0n) is 10.9. The summed E-state index contributed by atoms with van der Waals surface area (Å²) < 4.78 is 1.67. The largest absolute Gasteiger partial charge is 0.481 e. The fourth-order valence-electron chi connectivity index (χ4n) is 2.72. The van der Waals surface area contributed by atoms with E-state index >= 15 is 0 Å². The molecule has 1 heterocycles. The summed E-state index contributed by atoms with van der Waals surface area (Å²) in [5.41, 5.74) is 1.70. The molecule has 1 aromatic rings. The Morgan fingerprint density at radius 2 is 2.06 bits per heavy atom. The maximum Gasteiger partial charge on any atom is 0.348 e. The van der Waals surface area contributed by atoms with Crippen LogP contribution >= 0.6 is 0 Å². The maximum atomic E-state index is 11.9. The van der Waals surface area contributed by atoms with Gasteiger partial charge in [-0.05, 0) is 32.6 Å². The van der Waals surface area contributed by atoms with Crippen molar-refractivity contribution in [2.45, 2.75) is 46.1 Å². The van der Waals surface area contributed by atoms with Crippen LogP contribution in [0.3, 0.4) is 0 Å². The lowest BCUT2D eigenvalue weighted by Gasteiger charge is -2.35. The van der Waals surface area contributed by atoms with Gasteiger partial charge in [0.15, 0.2) is 0 Å². The molecule has 2 rings (SSSR count). The monoisotopic (exact) mass is 250 g/mol. The van der Waals surface area contributed by atoms with Crippen molar-refractivity contribution in [2.75, 3.05) is 0 Å². The summed E-state index contributed by atoms with van der Waals surface area (Å²) in [6, 6.07) is 0.188. The average Bonchev–Trinajstić information content (AvgIpc) is 2.21. The number of hydrogen-bond donors (Lipinski definition) is 1. The average molecular weight is 250 g/mol. The second-order valence-electron chi connectivity index (χ2n) is 5.21. The topological polar surface area (TPSA) is 72.2 Å². The Balaban J connectivity index is 2.46. The predicted octanol–water partition coefficient (Wildman–Crippen LogP) is 1.46. The van der Waals surface area contributed by atoms with Crippen molar-refractivity contribution >= 4 is 5.97 Å². The minimum Gasteiger partial charge on any atom is -0.481 e. The summed E-state index contributed by atoms with van der Waals surface area (Å²) in [4.78, 5) is 26.8. The lowest BCUT2D eigenvalue weighted by molar-refractivity contribution is -0.136. The van der Waals surface area contributed by atoms with E-state index in [0.29, 0.717) is 17.2 Å². The van der Waals surface area contributed by atoms with Crippen LogP contribution in [-0.4, -0.2) is 20.6 Å². The Hall–Kier alpha value is -1.65. The van der Waals surface area contributed by atoms with E-state index < -0.39 is 5.97 Å². The van der Waals surface area contributed by atoms with Gasteiger partial charge >= 0.3 is 11.7 Å². The van der Waals surface area contributed by atoms with Crippen LogP contribution in [0, 0.1) is 19.8 Å². The molecule has 0 aliphatic heterocycles. The van der Waals surface area contributed by atoms with Crippen LogP contribution in [0.15, 0.2) is 4.79 Å². The number of nitrogens with zero attached hydrogens (tertiary/aromatic N) is 2. The minimum atomic E-state index is -0.893. The molecule has 0 saturated heterocycles. The van der Waals surface area contributed by atoms with Gasteiger partial charge in [-0.3, -0.25) is 9.36 Å². The Morgan fingerprint density at radius 3 is 2.56 bits per heavy atom. The Kier molecular flexibility index (Phi) is 3.24. The van der Waals surface area contributed by atoms with Gasteiger partial charge < -0.3 is 5.11 Å². The van der Waals surface area contributed by atoms with E-state index in [2.05, 4.69) is 11.9 Å². The summed E-state index contributed by atoms with van der Waals surface area (Å²) in [7, 11) is 0. The van der Waals surface area contributed by atoms with Gasteiger partial charge in [0.1, 0.15) is 0 Å². The SMILES string of the molecule is Cc1nc(=O)n(C2CC(C)C2)c(C)c1CC(=O)O.